The Morgan fingerprint density at radius 1 is 0.969 bits per heavy atom. The molecule has 3 aromatic carbocycles. The summed E-state index contributed by atoms with van der Waals surface area (Å²) in [5.41, 5.74) is 3.92. The standard InChI is InChI=1S/C27H29N3O2/c1-20(2)22-12-6-9-15-25(22)32-19-18-30-24-14-8-7-13-23(24)29-26(30)16-17-28-27(31)21-10-4-3-5-11-21/h3-15,20H,16-19H2,1-2H3,(H,28,31). The first kappa shape index (κ1) is 21.6. The van der Waals surface area contributed by atoms with Gasteiger partial charge in [-0.15, -0.1) is 0 Å². The molecule has 4 rings (SSSR count). The number of para-hydroxylation sites is 3. The van der Waals surface area contributed by atoms with Gasteiger partial charge in [-0.3, -0.25) is 4.79 Å². The maximum atomic E-state index is 12.3. The van der Waals surface area contributed by atoms with E-state index in [0.717, 1.165) is 22.6 Å². The number of ether oxygens (including phenoxy) is 1. The van der Waals surface area contributed by atoms with Crippen LogP contribution in [0.15, 0.2) is 78.9 Å². The number of amides is 1. The third-order valence-corrected chi connectivity index (χ3v) is 5.52. The molecule has 0 saturated heterocycles. The van der Waals surface area contributed by atoms with E-state index in [-0.39, 0.29) is 5.91 Å². The molecule has 5 heteroatoms. The minimum Gasteiger partial charge on any atom is -0.491 e. The number of hydrogen-bond acceptors (Lipinski definition) is 3. The molecule has 0 spiro atoms. The third-order valence-electron chi connectivity index (χ3n) is 5.52. The van der Waals surface area contributed by atoms with Gasteiger partial charge in [0.15, 0.2) is 0 Å². The highest BCUT2D eigenvalue weighted by molar-refractivity contribution is 5.94. The summed E-state index contributed by atoms with van der Waals surface area (Å²) in [6.45, 7) is 6.11. The molecule has 0 unspecified atom stereocenters. The summed E-state index contributed by atoms with van der Waals surface area (Å²) in [5, 5.41) is 3.00. The quantitative estimate of drug-likeness (QED) is 0.399. The second-order valence-electron chi connectivity index (χ2n) is 8.08. The van der Waals surface area contributed by atoms with Crippen LogP contribution in [-0.2, 0) is 13.0 Å². The number of benzene rings is 3. The maximum absolute atomic E-state index is 12.3. The molecule has 0 radical (unpaired) electrons. The Morgan fingerprint density at radius 3 is 2.50 bits per heavy atom. The molecular formula is C27H29N3O2. The van der Waals surface area contributed by atoms with Crippen LogP contribution in [0.3, 0.4) is 0 Å². The van der Waals surface area contributed by atoms with Gasteiger partial charge in [-0.1, -0.05) is 62.4 Å². The van der Waals surface area contributed by atoms with Gasteiger partial charge in [0, 0.05) is 18.5 Å². The Hall–Kier alpha value is -3.60. The van der Waals surface area contributed by atoms with Gasteiger partial charge in [-0.25, -0.2) is 4.98 Å². The van der Waals surface area contributed by atoms with Crippen LogP contribution in [0.1, 0.15) is 41.5 Å². The number of rotatable bonds is 9. The number of carbonyl (C=O) groups is 1. The van der Waals surface area contributed by atoms with E-state index in [9.17, 15) is 4.79 Å². The Bertz CT molecular complexity index is 1180. The van der Waals surface area contributed by atoms with E-state index in [0.29, 0.717) is 37.6 Å². The van der Waals surface area contributed by atoms with Crippen molar-refractivity contribution in [3.63, 3.8) is 0 Å². The molecule has 5 nitrogen and oxygen atoms in total. The molecule has 0 fully saturated rings. The van der Waals surface area contributed by atoms with E-state index in [2.05, 4.69) is 35.9 Å². The van der Waals surface area contributed by atoms with Crippen molar-refractivity contribution in [3.8, 4) is 5.75 Å². The zero-order valence-corrected chi connectivity index (χ0v) is 18.6. The van der Waals surface area contributed by atoms with E-state index in [1.165, 1.54) is 5.56 Å². The van der Waals surface area contributed by atoms with Crippen molar-refractivity contribution in [2.45, 2.75) is 32.7 Å². The summed E-state index contributed by atoms with van der Waals surface area (Å²) < 4.78 is 8.35. The topological polar surface area (TPSA) is 56.1 Å². The predicted molar refractivity (Wildman–Crippen MR) is 128 cm³/mol. The van der Waals surface area contributed by atoms with Gasteiger partial charge in [-0.05, 0) is 41.8 Å². The summed E-state index contributed by atoms with van der Waals surface area (Å²) >= 11 is 0. The highest BCUT2D eigenvalue weighted by Crippen LogP contribution is 2.26. The summed E-state index contributed by atoms with van der Waals surface area (Å²) in [7, 11) is 0. The van der Waals surface area contributed by atoms with E-state index in [1.54, 1.807) is 0 Å². The number of nitrogens with one attached hydrogen (secondary N) is 1. The van der Waals surface area contributed by atoms with Crippen molar-refractivity contribution >= 4 is 16.9 Å². The van der Waals surface area contributed by atoms with Crippen LogP contribution in [0.25, 0.3) is 11.0 Å². The van der Waals surface area contributed by atoms with Crippen LogP contribution in [0.5, 0.6) is 5.75 Å². The summed E-state index contributed by atoms with van der Waals surface area (Å²) in [4.78, 5) is 17.2. The fourth-order valence-corrected chi connectivity index (χ4v) is 3.88. The van der Waals surface area contributed by atoms with Gasteiger partial charge < -0.3 is 14.6 Å². The van der Waals surface area contributed by atoms with Gasteiger partial charge in [0.1, 0.15) is 18.2 Å². The minimum atomic E-state index is -0.0677. The van der Waals surface area contributed by atoms with Crippen molar-refractivity contribution in [2.75, 3.05) is 13.2 Å². The van der Waals surface area contributed by atoms with Crippen LogP contribution in [0, 0.1) is 0 Å². The SMILES string of the molecule is CC(C)c1ccccc1OCCn1c(CCNC(=O)c2ccccc2)nc2ccccc21. The highest BCUT2D eigenvalue weighted by atomic mass is 16.5. The molecule has 1 N–H and O–H groups in total. The fourth-order valence-electron chi connectivity index (χ4n) is 3.88. The van der Waals surface area contributed by atoms with E-state index in [1.807, 2.05) is 66.7 Å². The molecule has 0 saturated carbocycles. The van der Waals surface area contributed by atoms with Gasteiger partial charge in [0.25, 0.3) is 5.91 Å². The number of hydrogen-bond donors (Lipinski definition) is 1. The molecule has 1 heterocycles. The highest BCUT2D eigenvalue weighted by Gasteiger charge is 2.12. The van der Waals surface area contributed by atoms with Crippen molar-refractivity contribution in [3.05, 3.63) is 95.8 Å². The second-order valence-corrected chi connectivity index (χ2v) is 8.08. The van der Waals surface area contributed by atoms with Crippen molar-refractivity contribution in [1.82, 2.24) is 14.9 Å². The lowest BCUT2D eigenvalue weighted by Gasteiger charge is -2.15. The van der Waals surface area contributed by atoms with Crippen LogP contribution in [0.4, 0.5) is 0 Å². The number of imidazole rings is 1. The summed E-state index contributed by atoms with van der Waals surface area (Å²) in [6, 6.07) is 25.6. The first-order valence-corrected chi connectivity index (χ1v) is 11.1. The van der Waals surface area contributed by atoms with Crippen LogP contribution in [-0.4, -0.2) is 28.6 Å². The molecule has 1 aromatic heterocycles. The Balaban J connectivity index is 1.44. The van der Waals surface area contributed by atoms with E-state index >= 15 is 0 Å². The fraction of sp³-hybridized carbons (Fsp3) is 0.259. The first-order valence-electron chi connectivity index (χ1n) is 11.1. The zero-order valence-electron chi connectivity index (χ0n) is 18.6. The summed E-state index contributed by atoms with van der Waals surface area (Å²) in [6.07, 6.45) is 0.649. The minimum absolute atomic E-state index is 0.0677. The molecular weight excluding hydrogens is 398 g/mol. The van der Waals surface area contributed by atoms with Gasteiger partial charge >= 0.3 is 0 Å². The lowest BCUT2D eigenvalue weighted by molar-refractivity contribution is 0.0954. The van der Waals surface area contributed by atoms with Gasteiger partial charge in [0.05, 0.1) is 17.6 Å². The molecule has 32 heavy (non-hydrogen) atoms. The first-order chi connectivity index (χ1) is 15.6. The lowest BCUT2D eigenvalue weighted by atomic mass is 10.0. The Morgan fingerprint density at radius 2 is 1.69 bits per heavy atom. The Kier molecular flexibility index (Phi) is 6.85. The Labute approximate surface area is 189 Å². The number of carbonyl (C=O) groups excluding carboxylic acids is 1. The monoisotopic (exact) mass is 427 g/mol. The van der Waals surface area contributed by atoms with Gasteiger partial charge in [0.2, 0.25) is 0 Å². The van der Waals surface area contributed by atoms with Crippen molar-refractivity contribution < 1.29 is 9.53 Å². The third kappa shape index (κ3) is 4.99. The van der Waals surface area contributed by atoms with E-state index < -0.39 is 0 Å². The predicted octanol–water partition coefficient (Wildman–Crippen LogP) is 5.21. The van der Waals surface area contributed by atoms with Crippen LogP contribution in [0.2, 0.25) is 0 Å². The molecule has 164 valence electrons. The molecule has 0 aliphatic heterocycles. The number of nitrogens with zero attached hydrogens (tertiary/aromatic N) is 2. The molecule has 4 aromatic rings. The lowest BCUT2D eigenvalue weighted by Crippen LogP contribution is -2.26. The zero-order chi connectivity index (χ0) is 22.3. The average Bonchev–Trinajstić information content (AvgIpc) is 3.17. The average molecular weight is 428 g/mol. The molecule has 0 aliphatic rings. The molecule has 1 amide bonds. The molecule has 0 bridgehead atoms. The second kappa shape index (κ2) is 10.1. The van der Waals surface area contributed by atoms with Gasteiger partial charge in [-0.2, -0.15) is 0 Å². The van der Waals surface area contributed by atoms with Crippen molar-refractivity contribution in [2.24, 2.45) is 0 Å². The molecule has 0 aliphatic carbocycles. The largest absolute Gasteiger partial charge is 0.491 e. The van der Waals surface area contributed by atoms with Crippen LogP contribution >= 0.6 is 0 Å². The normalized spacial score (nSPS) is 11.1. The smallest absolute Gasteiger partial charge is 0.251 e. The summed E-state index contributed by atoms with van der Waals surface area (Å²) in [5.74, 6) is 2.22. The maximum Gasteiger partial charge on any atom is 0.251 e. The number of aromatic nitrogens is 2. The van der Waals surface area contributed by atoms with E-state index in [4.69, 9.17) is 9.72 Å². The molecule has 0 atom stereocenters. The van der Waals surface area contributed by atoms with Crippen LogP contribution < -0.4 is 10.1 Å². The van der Waals surface area contributed by atoms with Crippen molar-refractivity contribution in [1.29, 1.82) is 0 Å². The number of fused-ring (bicyclic) bond motifs is 1.